The molecule has 1 amide bonds. The highest BCUT2D eigenvalue weighted by Gasteiger charge is 2.42. The zero-order chi connectivity index (χ0) is 24.6. The van der Waals surface area contributed by atoms with E-state index in [4.69, 9.17) is 4.74 Å². The number of carbonyl (C=O) groups excluding carboxylic acids is 1. The van der Waals surface area contributed by atoms with Gasteiger partial charge in [0.1, 0.15) is 5.82 Å². The van der Waals surface area contributed by atoms with Crippen LogP contribution in [0.25, 0.3) is 10.9 Å². The normalized spacial score (nSPS) is 25.7. The summed E-state index contributed by atoms with van der Waals surface area (Å²) in [4.78, 5) is 18.4. The van der Waals surface area contributed by atoms with Crippen molar-refractivity contribution in [2.45, 2.75) is 37.7 Å². The van der Waals surface area contributed by atoms with Crippen molar-refractivity contribution in [3.05, 3.63) is 71.7 Å². The smallest absolute Gasteiger partial charge is 0.256 e. The fraction of sp³-hybridized carbons (Fsp3) is 0.500. The molecule has 3 aliphatic rings. The minimum absolute atomic E-state index is 0.142. The maximum atomic E-state index is 13.8. The summed E-state index contributed by atoms with van der Waals surface area (Å²) >= 11 is 0. The highest BCUT2D eigenvalue weighted by atomic mass is 19.1. The van der Waals surface area contributed by atoms with Gasteiger partial charge in [-0.25, -0.2) is 4.39 Å². The number of halogens is 1. The van der Waals surface area contributed by atoms with E-state index >= 15 is 0 Å². The molecule has 3 aromatic rings. The van der Waals surface area contributed by atoms with Crippen LogP contribution in [0.3, 0.4) is 0 Å². The second-order valence-electron chi connectivity index (χ2n) is 11.0. The maximum Gasteiger partial charge on any atom is 0.256 e. The van der Waals surface area contributed by atoms with Crippen LogP contribution >= 0.6 is 0 Å². The number of rotatable bonds is 5. The van der Waals surface area contributed by atoms with Gasteiger partial charge in [0, 0.05) is 50.8 Å². The van der Waals surface area contributed by atoms with Gasteiger partial charge in [0.2, 0.25) is 0 Å². The van der Waals surface area contributed by atoms with Crippen molar-refractivity contribution >= 4 is 16.8 Å². The van der Waals surface area contributed by atoms with Crippen molar-refractivity contribution in [2.24, 2.45) is 18.9 Å². The molecule has 0 radical (unpaired) electrons. The van der Waals surface area contributed by atoms with Crippen LogP contribution in [0, 0.1) is 17.7 Å². The van der Waals surface area contributed by atoms with E-state index < -0.39 is 0 Å². The predicted octanol–water partition coefficient (Wildman–Crippen LogP) is 5.06. The number of likely N-dealkylation sites (tertiary alicyclic amines) is 2. The summed E-state index contributed by atoms with van der Waals surface area (Å²) in [5.74, 6) is 1.29. The monoisotopic (exact) mass is 489 g/mol. The zero-order valence-electron chi connectivity index (χ0n) is 21.1. The van der Waals surface area contributed by atoms with Crippen LogP contribution in [0.5, 0.6) is 0 Å². The highest BCUT2D eigenvalue weighted by Crippen LogP contribution is 2.36. The summed E-state index contributed by atoms with van der Waals surface area (Å²) in [5, 5.41) is 1.11. The molecule has 3 fully saturated rings. The van der Waals surface area contributed by atoms with E-state index in [0.717, 1.165) is 81.5 Å². The van der Waals surface area contributed by atoms with Gasteiger partial charge >= 0.3 is 0 Å². The number of hydrogen-bond acceptors (Lipinski definition) is 3. The third-order valence-corrected chi connectivity index (χ3v) is 8.77. The summed E-state index contributed by atoms with van der Waals surface area (Å²) in [6, 6.07) is 15.1. The molecule has 0 saturated carbocycles. The van der Waals surface area contributed by atoms with Gasteiger partial charge in [-0.3, -0.25) is 4.79 Å². The standard InChI is InChI=1S/C30H36FN3O2/c1-32-14-11-23-4-2-5-26(29(23)32)30(35)34-19-24(27(20-34)28-6-3-17-36-28)18-33-15-12-22(13-16-33)21-7-9-25(31)10-8-21/h2,4-5,7-11,14,22,24,27-28H,3,6,12-13,15-20H2,1H3. The molecule has 6 heteroatoms. The summed E-state index contributed by atoms with van der Waals surface area (Å²) in [6.45, 7) is 5.52. The molecule has 0 bridgehead atoms. The van der Waals surface area contributed by atoms with E-state index in [9.17, 15) is 9.18 Å². The minimum atomic E-state index is -0.167. The fourth-order valence-electron chi connectivity index (χ4n) is 6.83. The van der Waals surface area contributed by atoms with Gasteiger partial charge in [0.15, 0.2) is 0 Å². The number of aryl methyl sites for hydroxylation is 1. The summed E-state index contributed by atoms with van der Waals surface area (Å²) in [5.41, 5.74) is 3.06. The lowest BCUT2D eigenvalue weighted by atomic mass is 9.86. The van der Waals surface area contributed by atoms with E-state index in [2.05, 4.69) is 26.5 Å². The molecule has 0 N–H and O–H groups in total. The van der Waals surface area contributed by atoms with Gasteiger partial charge in [0.05, 0.1) is 17.2 Å². The van der Waals surface area contributed by atoms with Gasteiger partial charge in [-0.2, -0.15) is 0 Å². The second kappa shape index (κ2) is 9.98. The second-order valence-corrected chi connectivity index (χ2v) is 11.0. The SMILES string of the molecule is Cn1ccc2cccc(C(=O)N3CC(CN4CCC(c5ccc(F)cc5)CC4)C(C4CCCO4)C3)c21. The average molecular weight is 490 g/mol. The van der Waals surface area contributed by atoms with Crippen molar-refractivity contribution in [3.8, 4) is 0 Å². The molecule has 3 atom stereocenters. The fourth-order valence-corrected chi connectivity index (χ4v) is 6.83. The van der Waals surface area contributed by atoms with Crippen LogP contribution in [-0.2, 0) is 11.8 Å². The van der Waals surface area contributed by atoms with E-state index in [1.54, 1.807) is 12.1 Å². The molecule has 1 aromatic heterocycles. The lowest BCUT2D eigenvalue weighted by Crippen LogP contribution is -2.40. The van der Waals surface area contributed by atoms with Crippen LogP contribution in [0.1, 0.15) is 47.5 Å². The van der Waals surface area contributed by atoms with Gasteiger partial charge in [-0.15, -0.1) is 0 Å². The molecule has 3 aliphatic heterocycles. The lowest BCUT2D eigenvalue weighted by molar-refractivity contribution is 0.0420. The van der Waals surface area contributed by atoms with Gasteiger partial charge in [0.25, 0.3) is 5.91 Å². The molecule has 3 saturated heterocycles. The highest BCUT2D eigenvalue weighted by molar-refractivity contribution is 6.06. The summed E-state index contributed by atoms with van der Waals surface area (Å²) in [6.07, 6.45) is 6.70. The maximum absolute atomic E-state index is 13.8. The lowest BCUT2D eigenvalue weighted by Gasteiger charge is -2.35. The van der Waals surface area contributed by atoms with Crippen molar-refractivity contribution in [3.63, 3.8) is 0 Å². The van der Waals surface area contributed by atoms with E-state index in [0.29, 0.717) is 17.8 Å². The Labute approximate surface area is 212 Å². The Morgan fingerprint density at radius 3 is 2.58 bits per heavy atom. The molecule has 0 spiro atoms. The van der Waals surface area contributed by atoms with Gasteiger partial charge in [-0.05, 0) is 80.4 Å². The Morgan fingerprint density at radius 1 is 1.03 bits per heavy atom. The third kappa shape index (κ3) is 4.57. The number of ether oxygens (including phenoxy) is 1. The van der Waals surface area contributed by atoms with Crippen molar-refractivity contribution in [1.82, 2.24) is 14.4 Å². The molecule has 2 aromatic carbocycles. The molecule has 4 heterocycles. The number of hydrogen-bond donors (Lipinski definition) is 0. The molecular formula is C30H36FN3O2. The first-order chi connectivity index (χ1) is 17.6. The number of benzene rings is 2. The Morgan fingerprint density at radius 2 is 1.83 bits per heavy atom. The molecule has 6 rings (SSSR count). The van der Waals surface area contributed by atoms with Crippen LogP contribution in [-0.4, -0.2) is 65.7 Å². The van der Waals surface area contributed by atoms with Gasteiger partial charge < -0.3 is 19.1 Å². The number of piperidine rings is 1. The molecule has 5 nitrogen and oxygen atoms in total. The summed E-state index contributed by atoms with van der Waals surface area (Å²) < 4.78 is 21.6. The average Bonchev–Trinajstić information content (AvgIpc) is 3.65. The van der Waals surface area contributed by atoms with Crippen LogP contribution in [0.2, 0.25) is 0 Å². The number of para-hydroxylation sites is 1. The Balaban J connectivity index is 1.15. The Kier molecular flexibility index (Phi) is 6.57. The Bertz CT molecular complexity index is 1210. The molecule has 3 unspecified atom stereocenters. The number of nitrogens with zero attached hydrogens (tertiary/aromatic N) is 3. The quantitative estimate of drug-likeness (QED) is 0.503. The largest absolute Gasteiger partial charge is 0.378 e. The van der Waals surface area contributed by atoms with Gasteiger partial charge in [-0.1, -0.05) is 24.3 Å². The number of amides is 1. The van der Waals surface area contributed by atoms with Crippen molar-refractivity contribution in [2.75, 3.05) is 39.3 Å². The molecule has 190 valence electrons. The topological polar surface area (TPSA) is 37.7 Å². The third-order valence-electron chi connectivity index (χ3n) is 8.77. The minimum Gasteiger partial charge on any atom is -0.378 e. The number of fused-ring (bicyclic) bond motifs is 1. The number of aromatic nitrogens is 1. The first-order valence-electron chi connectivity index (χ1n) is 13.5. The Hall–Kier alpha value is -2.70. The van der Waals surface area contributed by atoms with Crippen LogP contribution < -0.4 is 0 Å². The first kappa shape index (κ1) is 23.7. The van der Waals surface area contributed by atoms with Crippen LogP contribution in [0.15, 0.2) is 54.7 Å². The van der Waals surface area contributed by atoms with Crippen molar-refractivity contribution in [1.29, 1.82) is 0 Å². The molecule has 0 aliphatic carbocycles. The zero-order valence-corrected chi connectivity index (χ0v) is 21.1. The van der Waals surface area contributed by atoms with E-state index in [1.165, 1.54) is 5.56 Å². The summed E-state index contributed by atoms with van der Waals surface area (Å²) in [7, 11) is 2.01. The molecule has 36 heavy (non-hydrogen) atoms. The first-order valence-corrected chi connectivity index (χ1v) is 13.5. The van der Waals surface area contributed by atoms with Crippen molar-refractivity contribution < 1.29 is 13.9 Å². The predicted molar refractivity (Wildman–Crippen MR) is 140 cm³/mol. The number of carbonyl (C=O) groups is 1. The molecular weight excluding hydrogens is 453 g/mol. The van der Waals surface area contributed by atoms with E-state index in [-0.39, 0.29) is 17.8 Å². The van der Waals surface area contributed by atoms with E-state index in [1.807, 2.05) is 37.5 Å². The van der Waals surface area contributed by atoms with Crippen LogP contribution in [0.4, 0.5) is 4.39 Å².